The first kappa shape index (κ1) is 39.2. The number of aliphatic hydroxyl groups is 2. The molecule has 3 amide bonds. The molecule has 6 atom stereocenters. The number of carbonyl (C=O) groups is 4. The second-order valence-electron chi connectivity index (χ2n) is 12.4. The lowest BCUT2D eigenvalue weighted by Gasteiger charge is -2.35. The summed E-state index contributed by atoms with van der Waals surface area (Å²) in [7, 11) is 5.46. The standard InChI is InChI=1S/C34H49BN4O8/c1-21(2)31(37-30(43)19-29(42)23(4)28(41)15-8-6-5-7-11-22(3)20-35)32(44)36-27(18-24-12-9-13-25(40)17-24)33(45)39-16-10-14-26(38-39)34(46)47/h5-6,8-9,12-13,15,17,20-21,23,26-29,31,38,40-42H,7,10-11,14,16,18-19H2,1-4H3,(H,36,44)(H,37,43)(H,46,47)/b6-5+,15-8+,22-20+. The number of nitrogens with zero attached hydrogens (tertiary/aromatic N) is 1. The summed E-state index contributed by atoms with van der Waals surface area (Å²) >= 11 is 0. The maximum Gasteiger partial charge on any atom is 0.322 e. The lowest BCUT2D eigenvalue weighted by atomic mass is 9.94. The maximum atomic E-state index is 13.6. The number of carbonyl (C=O) groups excluding carboxylic acids is 3. The first-order valence-electron chi connectivity index (χ1n) is 16.0. The number of nitrogens with one attached hydrogen (secondary N) is 3. The molecule has 1 aromatic carbocycles. The molecule has 47 heavy (non-hydrogen) atoms. The molecule has 1 aromatic rings. The largest absolute Gasteiger partial charge is 0.508 e. The van der Waals surface area contributed by atoms with Crippen LogP contribution in [0.15, 0.2) is 60.1 Å². The van der Waals surface area contributed by atoms with Gasteiger partial charge in [-0.15, -0.1) is 5.98 Å². The van der Waals surface area contributed by atoms with E-state index < -0.39 is 65.9 Å². The molecule has 1 aliphatic rings. The summed E-state index contributed by atoms with van der Waals surface area (Å²) in [4.78, 5) is 51.6. The number of hydrogen-bond acceptors (Lipinski definition) is 8. The number of rotatable bonds is 17. The second-order valence-corrected chi connectivity index (χ2v) is 12.4. The number of carboxylic acid groups (broad SMARTS) is 1. The molecule has 1 aliphatic heterocycles. The summed E-state index contributed by atoms with van der Waals surface area (Å²) in [6.45, 7) is 7.22. The predicted octanol–water partition coefficient (Wildman–Crippen LogP) is 1.85. The van der Waals surface area contributed by atoms with Crippen LogP contribution in [0.4, 0.5) is 0 Å². The number of carboxylic acids is 1. The van der Waals surface area contributed by atoms with Gasteiger partial charge in [0.1, 0.15) is 31.7 Å². The molecule has 0 aliphatic carbocycles. The van der Waals surface area contributed by atoms with E-state index in [1.54, 1.807) is 51.0 Å². The SMILES string of the molecule is [B]/C=C(\C)CC/C=C/C=C/C(O)C(C)C(O)CC(=O)NC(C(=O)NC(Cc1cccc(O)c1)C(=O)N1CCCC(C(=O)O)N1)C(C)C. The van der Waals surface area contributed by atoms with Crippen LogP contribution < -0.4 is 16.1 Å². The van der Waals surface area contributed by atoms with Crippen molar-refractivity contribution in [3.05, 3.63) is 65.7 Å². The smallest absolute Gasteiger partial charge is 0.322 e. The summed E-state index contributed by atoms with van der Waals surface area (Å²) in [6, 6.07) is 3.04. The number of allylic oxidation sites excluding steroid dienone is 4. The Morgan fingerprint density at radius 1 is 1.13 bits per heavy atom. The van der Waals surface area contributed by atoms with E-state index in [-0.39, 0.29) is 25.1 Å². The van der Waals surface area contributed by atoms with E-state index in [1.807, 2.05) is 13.0 Å². The van der Waals surface area contributed by atoms with Crippen molar-refractivity contribution in [2.24, 2.45) is 11.8 Å². The third kappa shape index (κ3) is 13.4. The number of aliphatic hydroxyl groups excluding tert-OH is 2. The Morgan fingerprint density at radius 3 is 2.49 bits per heavy atom. The van der Waals surface area contributed by atoms with Crippen molar-refractivity contribution in [2.45, 2.75) is 96.6 Å². The van der Waals surface area contributed by atoms with E-state index >= 15 is 0 Å². The number of phenols is 1. The first-order valence-corrected chi connectivity index (χ1v) is 16.0. The zero-order valence-corrected chi connectivity index (χ0v) is 27.6. The molecule has 6 unspecified atom stereocenters. The van der Waals surface area contributed by atoms with E-state index in [2.05, 4.69) is 16.1 Å². The molecule has 1 heterocycles. The van der Waals surface area contributed by atoms with Gasteiger partial charge in [0.2, 0.25) is 11.8 Å². The molecular formula is C34H49BN4O8. The van der Waals surface area contributed by atoms with E-state index in [9.17, 15) is 39.6 Å². The van der Waals surface area contributed by atoms with E-state index in [0.717, 1.165) is 18.4 Å². The molecule has 256 valence electrons. The fourth-order valence-electron chi connectivity index (χ4n) is 4.99. The van der Waals surface area contributed by atoms with Gasteiger partial charge in [0.25, 0.3) is 5.91 Å². The average molecular weight is 653 g/mol. The highest BCUT2D eigenvalue weighted by molar-refractivity contribution is 6.17. The van der Waals surface area contributed by atoms with Crippen LogP contribution in [-0.4, -0.2) is 93.9 Å². The Hall–Kier alpha value is -3.94. The molecular weight excluding hydrogens is 603 g/mol. The average Bonchev–Trinajstić information content (AvgIpc) is 3.03. The minimum absolute atomic E-state index is 0.00509. The molecule has 2 radical (unpaired) electrons. The molecule has 7 N–H and O–H groups in total. The minimum Gasteiger partial charge on any atom is -0.508 e. The van der Waals surface area contributed by atoms with Gasteiger partial charge in [-0.05, 0) is 56.2 Å². The van der Waals surface area contributed by atoms with Gasteiger partial charge in [0.05, 0.1) is 18.6 Å². The van der Waals surface area contributed by atoms with Gasteiger partial charge < -0.3 is 31.1 Å². The van der Waals surface area contributed by atoms with Gasteiger partial charge in [-0.1, -0.05) is 62.8 Å². The van der Waals surface area contributed by atoms with Crippen molar-refractivity contribution in [3.63, 3.8) is 0 Å². The minimum atomic E-state index is -1.21. The van der Waals surface area contributed by atoms with Crippen LogP contribution in [0.2, 0.25) is 0 Å². The summed E-state index contributed by atoms with van der Waals surface area (Å²) in [5, 5.41) is 47.1. The van der Waals surface area contributed by atoms with Crippen LogP contribution in [0.1, 0.15) is 65.4 Å². The third-order valence-corrected chi connectivity index (χ3v) is 8.07. The van der Waals surface area contributed by atoms with E-state index in [0.29, 0.717) is 18.4 Å². The van der Waals surface area contributed by atoms with Crippen molar-refractivity contribution < 1.29 is 39.6 Å². The lowest BCUT2D eigenvalue weighted by Crippen LogP contribution is -2.62. The Morgan fingerprint density at radius 2 is 1.85 bits per heavy atom. The number of amides is 3. The quantitative estimate of drug-likeness (QED) is 0.0974. The Labute approximate surface area is 278 Å². The predicted molar refractivity (Wildman–Crippen MR) is 179 cm³/mol. The Balaban J connectivity index is 2.08. The normalized spacial score (nSPS) is 18.9. The molecule has 0 aromatic heterocycles. The molecule has 2 rings (SSSR count). The molecule has 13 heteroatoms. The zero-order valence-electron chi connectivity index (χ0n) is 27.6. The number of aliphatic carboxylic acids is 1. The number of hydrogen-bond donors (Lipinski definition) is 7. The molecule has 12 nitrogen and oxygen atoms in total. The highest BCUT2D eigenvalue weighted by Gasteiger charge is 2.35. The van der Waals surface area contributed by atoms with Crippen molar-refractivity contribution in [1.29, 1.82) is 0 Å². The highest BCUT2D eigenvalue weighted by Crippen LogP contribution is 2.17. The summed E-state index contributed by atoms with van der Waals surface area (Å²) in [6.07, 6.45) is 6.70. The number of hydrazine groups is 1. The summed E-state index contributed by atoms with van der Waals surface area (Å²) < 4.78 is 0. The number of phenolic OH excluding ortho intramolecular Hbond substituents is 1. The summed E-state index contributed by atoms with van der Waals surface area (Å²) in [5.74, 6) is -2.47. The van der Waals surface area contributed by atoms with Gasteiger partial charge in [-0.3, -0.25) is 24.2 Å². The molecule has 1 saturated heterocycles. The van der Waals surface area contributed by atoms with Gasteiger partial charge in [-0.25, -0.2) is 5.43 Å². The Bertz CT molecular complexity index is 1300. The van der Waals surface area contributed by atoms with Crippen LogP contribution in [0, 0.1) is 11.8 Å². The highest BCUT2D eigenvalue weighted by atomic mass is 16.4. The van der Waals surface area contributed by atoms with Crippen LogP contribution in [0.3, 0.4) is 0 Å². The van der Waals surface area contributed by atoms with Crippen molar-refractivity contribution in [1.82, 2.24) is 21.1 Å². The molecule has 0 bridgehead atoms. The van der Waals surface area contributed by atoms with Crippen LogP contribution in [0.5, 0.6) is 5.75 Å². The van der Waals surface area contributed by atoms with Crippen molar-refractivity contribution >= 4 is 31.5 Å². The lowest BCUT2D eigenvalue weighted by molar-refractivity contribution is -0.148. The van der Waals surface area contributed by atoms with Gasteiger partial charge in [0.15, 0.2) is 0 Å². The molecule has 0 saturated carbocycles. The number of benzene rings is 1. The number of aromatic hydroxyl groups is 1. The van der Waals surface area contributed by atoms with Gasteiger partial charge in [-0.2, -0.15) is 0 Å². The van der Waals surface area contributed by atoms with Gasteiger partial charge >= 0.3 is 5.97 Å². The van der Waals surface area contributed by atoms with E-state index in [1.165, 1.54) is 23.2 Å². The van der Waals surface area contributed by atoms with Crippen LogP contribution >= 0.6 is 0 Å². The second kappa shape index (κ2) is 19.7. The van der Waals surface area contributed by atoms with Crippen LogP contribution in [-0.2, 0) is 25.6 Å². The Kier molecular flexibility index (Phi) is 16.4. The fourth-order valence-corrected chi connectivity index (χ4v) is 4.99. The van der Waals surface area contributed by atoms with Gasteiger partial charge in [0, 0.05) is 18.9 Å². The maximum absolute atomic E-state index is 13.6. The van der Waals surface area contributed by atoms with Crippen LogP contribution in [0.25, 0.3) is 0 Å². The molecule has 0 spiro atoms. The summed E-state index contributed by atoms with van der Waals surface area (Å²) in [5.41, 5.74) is 4.33. The monoisotopic (exact) mass is 652 g/mol. The van der Waals surface area contributed by atoms with Crippen molar-refractivity contribution in [3.8, 4) is 5.75 Å². The molecule has 1 fully saturated rings. The van der Waals surface area contributed by atoms with E-state index in [4.69, 9.17) is 7.85 Å². The topological polar surface area (TPSA) is 189 Å². The van der Waals surface area contributed by atoms with Crippen molar-refractivity contribution in [2.75, 3.05) is 6.54 Å². The fraction of sp³-hybridized carbons (Fsp3) is 0.529. The first-order chi connectivity index (χ1) is 22.2. The zero-order chi connectivity index (χ0) is 35.1. The third-order valence-electron chi connectivity index (χ3n) is 8.07.